The molecule has 1 aliphatic rings. The Kier molecular flexibility index (Phi) is 1.81. The normalized spacial score (nSPS) is 18.9. The van der Waals surface area contributed by atoms with E-state index in [-0.39, 0.29) is 10.1 Å². The van der Waals surface area contributed by atoms with Gasteiger partial charge < -0.3 is 5.73 Å². The Morgan fingerprint density at radius 2 is 2.00 bits per heavy atom. The average molecular weight is 214 g/mol. The highest BCUT2D eigenvalue weighted by atomic mass is 32.2. The second-order valence-electron chi connectivity index (χ2n) is 2.45. The monoisotopic (exact) mass is 214 g/mol. The van der Waals surface area contributed by atoms with Crippen molar-refractivity contribution in [2.75, 3.05) is 0 Å². The summed E-state index contributed by atoms with van der Waals surface area (Å²) in [6.45, 7) is 0. The summed E-state index contributed by atoms with van der Waals surface area (Å²) >= 11 is 1.16. The van der Waals surface area contributed by atoms with Crippen LogP contribution in [0.15, 0.2) is 38.5 Å². The van der Waals surface area contributed by atoms with Crippen molar-refractivity contribution in [2.24, 2.45) is 10.1 Å². The van der Waals surface area contributed by atoms with Crippen LogP contribution < -0.4 is 5.73 Å². The summed E-state index contributed by atoms with van der Waals surface area (Å²) in [5.74, 6) is 0. The van der Waals surface area contributed by atoms with Crippen LogP contribution in [0, 0.1) is 0 Å². The first-order valence-electron chi connectivity index (χ1n) is 3.47. The van der Waals surface area contributed by atoms with E-state index in [2.05, 4.69) is 4.40 Å². The summed E-state index contributed by atoms with van der Waals surface area (Å²) in [6, 6.07) is 6.65. The first-order valence-corrected chi connectivity index (χ1v) is 5.72. The molecule has 13 heavy (non-hydrogen) atoms. The third-order valence-corrected chi connectivity index (χ3v) is 4.02. The summed E-state index contributed by atoms with van der Waals surface area (Å²) in [5.41, 5.74) is 5.36. The van der Waals surface area contributed by atoms with E-state index in [1.807, 2.05) is 0 Å². The molecular formula is C7H6N2O2S2. The largest absolute Gasteiger partial charge is 0.377 e. The van der Waals surface area contributed by atoms with E-state index in [1.165, 1.54) is 6.07 Å². The standard InChI is InChI=1S/C7H6N2O2S2/c8-7-9-13(10,11)6-4-2-1-3-5(6)12-7/h1-4H,(H2,8,9). The Hall–Kier alpha value is -1.01. The summed E-state index contributed by atoms with van der Waals surface area (Å²) in [4.78, 5) is 0.865. The number of rotatable bonds is 0. The number of hydrogen-bond acceptors (Lipinski definition) is 4. The minimum absolute atomic E-state index is 0.0682. The van der Waals surface area contributed by atoms with Crippen molar-refractivity contribution in [1.29, 1.82) is 0 Å². The van der Waals surface area contributed by atoms with Crippen LogP contribution in [-0.2, 0) is 10.0 Å². The second kappa shape index (κ2) is 2.74. The number of thioether (sulfide) groups is 1. The highest BCUT2D eigenvalue weighted by Gasteiger charge is 2.23. The fraction of sp³-hybridized carbons (Fsp3) is 0. The number of hydrogen-bond donors (Lipinski definition) is 1. The van der Waals surface area contributed by atoms with Gasteiger partial charge in [-0.25, -0.2) is 0 Å². The smallest absolute Gasteiger partial charge is 0.285 e. The van der Waals surface area contributed by atoms with Crippen molar-refractivity contribution in [3.8, 4) is 0 Å². The Bertz CT molecular complexity index is 479. The maximum absolute atomic E-state index is 11.4. The molecule has 0 bridgehead atoms. The molecule has 0 atom stereocenters. The van der Waals surface area contributed by atoms with E-state index in [1.54, 1.807) is 18.2 Å². The summed E-state index contributed by atoms with van der Waals surface area (Å²) in [6.07, 6.45) is 0. The molecule has 68 valence electrons. The fourth-order valence-electron chi connectivity index (χ4n) is 1.05. The van der Waals surface area contributed by atoms with E-state index in [0.29, 0.717) is 4.90 Å². The van der Waals surface area contributed by atoms with Crippen molar-refractivity contribution < 1.29 is 8.42 Å². The number of nitrogens with two attached hydrogens (primary N) is 1. The van der Waals surface area contributed by atoms with E-state index in [0.717, 1.165) is 11.8 Å². The zero-order valence-corrected chi connectivity index (χ0v) is 8.10. The van der Waals surface area contributed by atoms with Crippen LogP contribution in [0.3, 0.4) is 0 Å². The fourth-order valence-corrected chi connectivity index (χ4v) is 3.38. The summed E-state index contributed by atoms with van der Waals surface area (Å²) < 4.78 is 26.2. The average Bonchev–Trinajstić information content (AvgIpc) is 2.02. The second-order valence-corrected chi connectivity index (χ2v) is 5.09. The van der Waals surface area contributed by atoms with Crippen molar-refractivity contribution in [3.05, 3.63) is 24.3 Å². The molecule has 0 spiro atoms. The van der Waals surface area contributed by atoms with Gasteiger partial charge in [-0.15, -0.1) is 4.40 Å². The molecule has 4 nitrogen and oxygen atoms in total. The molecule has 0 radical (unpaired) electrons. The van der Waals surface area contributed by atoms with E-state index in [4.69, 9.17) is 5.73 Å². The summed E-state index contributed by atoms with van der Waals surface area (Å²) in [7, 11) is -3.55. The van der Waals surface area contributed by atoms with Crippen molar-refractivity contribution >= 4 is 27.0 Å². The Morgan fingerprint density at radius 3 is 2.77 bits per heavy atom. The van der Waals surface area contributed by atoms with Crippen LogP contribution in [0.4, 0.5) is 0 Å². The lowest BCUT2D eigenvalue weighted by molar-refractivity contribution is 0.596. The molecule has 0 aromatic heterocycles. The van der Waals surface area contributed by atoms with Gasteiger partial charge in [0.2, 0.25) is 0 Å². The van der Waals surface area contributed by atoms with E-state index < -0.39 is 10.0 Å². The molecule has 0 fully saturated rings. The molecule has 1 aliphatic heterocycles. The van der Waals surface area contributed by atoms with Gasteiger partial charge in [0, 0.05) is 4.90 Å². The minimum Gasteiger partial charge on any atom is -0.377 e. The number of benzene rings is 1. The van der Waals surface area contributed by atoms with Crippen molar-refractivity contribution in [2.45, 2.75) is 9.79 Å². The molecule has 0 unspecified atom stereocenters. The first kappa shape index (κ1) is 8.58. The summed E-state index contributed by atoms with van der Waals surface area (Å²) in [5, 5.41) is 0.0682. The number of nitrogens with zero attached hydrogens (tertiary/aromatic N) is 1. The Labute approximate surface area is 79.9 Å². The van der Waals surface area contributed by atoms with Gasteiger partial charge in [0.15, 0.2) is 5.17 Å². The molecule has 0 saturated carbocycles. The van der Waals surface area contributed by atoms with Gasteiger partial charge in [-0.05, 0) is 12.1 Å². The molecule has 1 heterocycles. The molecule has 2 rings (SSSR count). The van der Waals surface area contributed by atoms with Crippen LogP contribution in [0.25, 0.3) is 0 Å². The van der Waals surface area contributed by atoms with Gasteiger partial charge in [0.1, 0.15) is 4.90 Å². The van der Waals surface area contributed by atoms with Crippen LogP contribution in [0.5, 0.6) is 0 Å². The molecule has 1 aromatic rings. The Balaban J connectivity index is 2.73. The third-order valence-electron chi connectivity index (χ3n) is 1.55. The van der Waals surface area contributed by atoms with Gasteiger partial charge in [-0.3, -0.25) is 0 Å². The van der Waals surface area contributed by atoms with Crippen LogP contribution in [0.1, 0.15) is 0 Å². The third kappa shape index (κ3) is 1.42. The molecule has 0 saturated heterocycles. The lowest BCUT2D eigenvalue weighted by Crippen LogP contribution is -2.15. The van der Waals surface area contributed by atoms with Gasteiger partial charge in [0.05, 0.1) is 0 Å². The van der Waals surface area contributed by atoms with Gasteiger partial charge in [0.25, 0.3) is 10.0 Å². The number of sulfonamides is 1. The SMILES string of the molecule is NC1=NS(=O)(=O)c2ccccc2S1. The predicted octanol–water partition coefficient (Wildman–Crippen LogP) is 0.796. The van der Waals surface area contributed by atoms with Gasteiger partial charge in [-0.1, -0.05) is 23.9 Å². The molecule has 6 heteroatoms. The predicted molar refractivity (Wildman–Crippen MR) is 51.1 cm³/mol. The van der Waals surface area contributed by atoms with Crippen LogP contribution >= 0.6 is 11.8 Å². The van der Waals surface area contributed by atoms with Crippen LogP contribution in [-0.4, -0.2) is 13.6 Å². The van der Waals surface area contributed by atoms with E-state index in [9.17, 15) is 8.42 Å². The first-order chi connectivity index (χ1) is 6.09. The number of amidine groups is 1. The highest BCUT2D eigenvalue weighted by molar-refractivity contribution is 8.15. The molecular weight excluding hydrogens is 208 g/mol. The van der Waals surface area contributed by atoms with E-state index >= 15 is 0 Å². The topological polar surface area (TPSA) is 72.5 Å². The zero-order chi connectivity index (χ0) is 9.47. The highest BCUT2D eigenvalue weighted by Crippen LogP contribution is 2.31. The Morgan fingerprint density at radius 1 is 1.31 bits per heavy atom. The zero-order valence-electron chi connectivity index (χ0n) is 6.47. The van der Waals surface area contributed by atoms with Gasteiger partial charge >= 0.3 is 0 Å². The maximum Gasteiger partial charge on any atom is 0.285 e. The lowest BCUT2D eigenvalue weighted by Gasteiger charge is -2.11. The molecule has 2 N–H and O–H groups in total. The number of fused-ring (bicyclic) bond motifs is 1. The minimum atomic E-state index is -3.55. The maximum atomic E-state index is 11.4. The van der Waals surface area contributed by atoms with Gasteiger partial charge in [-0.2, -0.15) is 8.42 Å². The molecule has 1 aromatic carbocycles. The lowest BCUT2D eigenvalue weighted by atomic mass is 10.4. The molecule has 0 amide bonds. The quantitative estimate of drug-likeness (QED) is 0.693. The van der Waals surface area contributed by atoms with Crippen molar-refractivity contribution in [3.63, 3.8) is 0 Å². The molecule has 0 aliphatic carbocycles. The van der Waals surface area contributed by atoms with Crippen LogP contribution in [0.2, 0.25) is 0 Å². The van der Waals surface area contributed by atoms with Crippen molar-refractivity contribution in [1.82, 2.24) is 0 Å².